The van der Waals surface area contributed by atoms with Crippen molar-refractivity contribution in [2.45, 2.75) is 25.5 Å². The van der Waals surface area contributed by atoms with E-state index in [1.807, 2.05) is 18.4 Å². The average molecular weight is 489 g/mol. The molecule has 1 N–H and O–H groups in total. The van der Waals surface area contributed by atoms with Crippen molar-refractivity contribution in [2.75, 3.05) is 11.1 Å². The molecule has 0 aliphatic carbocycles. The second-order valence-corrected chi connectivity index (χ2v) is 8.78. The number of benzene rings is 2. The molecule has 164 valence electrons. The smallest absolute Gasteiger partial charge is 0.234 e. The first-order valence-corrected chi connectivity index (χ1v) is 10.9. The Morgan fingerprint density at radius 2 is 1.87 bits per heavy atom. The average Bonchev–Trinajstić information content (AvgIpc) is 3.08. The van der Waals surface area contributed by atoms with Crippen LogP contribution in [0.25, 0.3) is 11.4 Å². The van der Waals surface area contributed by atoms with Crippen LogP contribution in [-0.2, 0) is 11.3 Å². The van der Waals surface area contributed by atoms with Crippen molar-refractivity contribution in [3.05, 3.63) is 57.8 Å². The highest BCUT2D eigenvalue weighted by Crippen LogP contribution is 2.32. The molecule has 3 aromatic rings. The van der Waals surface area contributed by atoms with E-state index in [2.05, 4.69) is 15.5 Å². The maximum absolute atomic E-state index is 13.8. The van der Waals surface area contributed by atoms with Crippen molar-refractivity contribution < 1.29 is 18.0 Å². The van der Waals surface area contributed by atoms with Gasteiger partial charge in [-0.15, -0.1) is 10.2 Å². The minimum absolute atomic E-state index is 0.150. The fourth-order valence-corrected chi connectivity index (χ4v) is 3.97. The van der Waals surface area contributed by atoms with Crippen molar-refractivity contribution >= 4 is 46.6 Å². The first kappa shape index (κ1) is 23.4. The molecule has 5 nitrogen and oxygen atoms in total. The van der Waals surface area contributed by atoms with Crippen LogP contribution in [0, 0.1) is 23.4 Å². The molecule has 11 heteroatoms. The Balaban J connectivity index is 1.79. The van der Waals surface area contributed by atoms with Gasteiger partial charge in [-0.1, -0.05) is 48.8 Å². The zero-order chi connectivity index (χ0) is 22.7. The van der Waals surface area contributed by atoms with Gasteiger partial charge in [0, 0.05) is 17.1 Å². The highest BCUT2D eigenvalue weighted by Gasteiger charge is 2.20. The SMILES string of the molecule is CC(C)Cn1c(SCC(=O)Nc2ccc(F)c(F)c2F)nnc1-c1ccc(Cl)cc1Cl. The number of carbonyl (C=O) groups excluding carboxylic acids is 1. The normalized spacial score (nSPS) is 11.2. The summed E-state index contributed by atoms with van der Waals surface area (Å²) >= 11 is 13.3. The van der Waals surface area contributed by atoms with E-state index < -0.39 is 29.0 Å². The number of amides is 1. The van der Waals surface area contributed by atoms with Gasteiger partial charge in [0.2, 0.25) is 5.91 Å². The Kier molecular flexibility index (Phi) is 7.51. The molecule has 0 radical (unpaired) electrons. The number of halogens is 5. The summed E-state index contributed by atoms with van der Waals surface area (Å²) in [6.45, 7) is 4.59. The van der Waals surface area contributed by atoms with E-state index in [9.17, 15) is 18.0 Å². The topological polar surface area (TPSA) is 59.8 Å². The monoisotopic (exact) mass is 488 g/mol. The van der Waals surface area contributed by atoms with Crippen molar-refractivity contribution in [1.29, 1.82) is 0 Å². The first-order chi connectivity index (χ1) is 14.7. The number of nitrogens with one attached hydrogen (secondary N) is 1. The summed E-state index contributed by atoms with van der Waals surface area (Å²) in [6, 6.07) is 6.72. The predicted octanol–water partition coefficient (Wildman–Crippen LogP) is 6.06. The lowest BCUT2D eigenvalue weighted by Crippen LogP contribution is -2.16. The van der Waals surface area contributed by atoms with E-state index in [4.69, 9.17) is 23.2 Å². The summed E-state index contributed by atoms with van der Waals surface area (Å²) in [4.78, 5) is 12.2. The molecule has 0 unspecified atom stereocenters. The van der Waals surface area contributed by atoms with Gasteiger partial charge in [-0.05, 0) is 36.2 Å². The Morgan fingerprint density at radius 1 is 1.13 bits per heavy atom. The molecule has 0 atom stereocenters. The number of aromatic nitrogens is 3. The summed E-state index contributed by atoms with van der Waals surface area (Å²) in [7, 11) is 0. The maximum atomic E-state index is 13.8. The number of nitrogens with zero attached hydrogens (tertiary/aromatic N) is 3. The Hall–Kier alpha value is -2.23. The molecule has 0 fully saturated rings. The summed E-state index contributed by atoms with van der Waals surface area (Å²) in [5, 5.41) is 11.9. The van der Waals surface area contributed by atoms with Crippen LogP contribution >= 0.6 is 35.0 Å². The van der Waals surface area contributed by atoms with Gasteiger partial charge in [0.25, 0.3) is 0 Å². The number of rotatable bonds is 7. The number of hydrogen-bond acceptors (Lipinski definition) is 4. The molecule has 0 saturated heterocycles. The summed E-state index contributed by atoms with van der Waals surface area (Å²) in [6.07, 6.45) is 0. The van der Waals surface area contributed by atoms with Crippen LogP contribution in [0.1, 0.15) is 13.8 Å². The Morgan fingerprint density at radius 3 is 2.55 bits per heavy atom. The minimum Gasteiger partial charge on any atom is -0.323 e. The summed E-state index contributed by atoms with van der Waals surface area (Å²) in [5.41, 5.74) is 0.196. The largest absolute Gasteiger partial charge is 0.323 e. The van der Waals surface area contributed by atoms with Crippen LogP contribution < -0.4 is 5.32 Å². The second-order valence-electron chi connectivity index (χ2n) is 6.99. The summed E-state index contributed by atoms with van der Waals surface area (Å²) < 4.78 is 42.0. The molecule has 2 aromatic carbocycles. The van der Waals surface area contributed by atoms with Gasteiger partial charge in [-0.3, -0.25) is 4.79 Å². The Bertz CT molecular complexity index is 1120. The molecular formula is C20H17Cl2F3N4OS. The molecule has 1 heterocycles. The van der Waals surface area contributed by atoms with E-state index in [0.717, 1.165) is 23.9 Å². The minimum atomic E-state index is -1.65. The zero-order valence-electron chi connectivity index (χ0n) is 16.4. The highest BCUT2D eigenvalue weighted by atomic mass is 35.5. The predicted molar refractivity (Wildman–Crippen MR) is 116 cm³/mol. The molecule has 0 aliphatic heterocycles. The molecule has 0 bridgehead atoms. The van der Waals surface area contributed by atoms with Gasteiger partial charge >= 0.3 is 0 Å². The lowest BCUT2D eigenvalue weighted by Gasteiger charge is -2.13. The van der Waals surface area contributed by atoms with Crippen LogP contribution in [-0.4, -0.2) is 26.4 Å². The molecule has 0 saturated carbocycles. The van der Waals surface area contributed by atoms with Crippen LogP contribution in [0.15, 0.2) is 35.5 Å². The maximum Gasteiger partial charge on any atom is 0.234 e. The lowest BCUT2D eigenvalue weighted by atomic mass is 10.2. The third-order valence-electron chi connectivity index (χ3n) is 4.08. The van der Waals surface area contributed by atoms with Crippen molar-refractivity contribution in [2.24, 2.45) is 5.92 Å². The van der Waals surface area contributed by atoms with Gasteiger partial charge in [0.1, 0.15) is 0 Å². The van der Waals surface area contributed by atoms with Gasteiger partial charge in [-0.25, -0.2) is 13.2 Å². The van der Waals surface area contributed by atoms with Crippen LogP contribution in [0.4, 0.5) is 18.9 Å². The zero-order valence-corrected chi connectivity index (χ0v) is 18.8. The van der Waals surface area contributed by atoms with E-state index in [-0.39, 0.29) is 11.7 Å². The number of hydrogen-bond donors (Lipinski definition) is 1. The molecular weight excluding hydrogens is 472 g/mol. The first-order valence-electron chi connectivity index (χ1n) is 9.12. The fraction of sp³-hybridized carbons (Fsp3) is 0.250. The van der Waals surface area contributed by atoms with Gasteiger partial charge < -0.3 is 9.88 Å². The Labute approximate surface area is 190 Å². The van der Waals surface area contributed by atoms with E-state index in [0.29, 0.717) is 33.1 Å². The van der Waals surface area contributed by atoms with Crippen molar-refractivity contribution in [3.8, 4) is 11.4 Å². The molecule has 3 rings (SSSR count). The molecule has 0 aliphatic rings. The quantitative estimate of drug-likeness (QED) is 0.324. The number of carbonyl (C=O) groups is 1. The molecule has 31 heavy (non-hydrogen) atoms. The third-order valence-corrected chi connectivity index (χ3v) is 5.59. The summed E-state index contributed by atoms with van der Waals surface area (Å²) in [5.74, 6) is -4.44. The van der Waals surface area contributed by atoms with E-state index in [1.165, 1.54) is 0 Å². The van der Waals surface area contributed by atoms with Crippen LogP contribution in [0.2, 0.25) is 10.0 Å². The third kappa shape index (κ3) is 5.53. The van der Waals surface area contributed by atoms with Crippen molar-refractivity contribution in [3.63, 3.8) is 0 Å². The van der Waals surface area contributed by atoms with Crippen molar-refractivity contribution in [1.82, 2.24) is 14.8 Å². The molecule has 0 spiro atoms. The highest BCUT2D eigenvalue weighted by molar-refractivity contribution is 7.99. The van der Waals surface area contributed by atoms with Gasteiger partial charge in [0.05, 0.1) is 16.5 Å². The van der Waals surface area contributed by atoms with Gasteiger partial charge in [0.15, 0.2) is 28.4 Å². The fourth-order valence-electron chi connectivity index (χ4n) is 2.73. The number of anilines is 1. The van der Waals surface area contributed by atoms with Crippen LogP contribution in [0.5, 0.6) is 0 Å². The van der Waals surface area contributed by atoms with Crippen LogP contribution in [0.3, 0.4) is 0 Å². The van der Waals surface area contributed by atoms with E-state index in [1.54, 1.807) is 18.2 Å². The van der Waals surface area contributed by atoms with Gasteiger partial charge in [-0.2, -0.15) is 0 Å². The molecule has 1 amide bonds. The number of thioether (sulfide) groups is 1. The lowest BCUT2D eigenvalue weighted by molar-refractivity contribution is -0.113. The molecule has 1 aromatic heterocycles. The standard InChI is InChI=1S/C20H17Cl2F3N4OS/c1-10(2)8-29-19(12-4-3-11(21)7-13(12)22)27-28-20(29)31-9-16(30)26-15-6-5-14(23)17(24)18(15)25/h3-7,10H,8-9H2,1-2H3,(H,26,30). The van der Waals surface area contributed by atoms with E-state index >= 15 is 0 Å². The second kappa shape index (κ2) is 9.93.